The largest absolute Gasteiger partial charge is 0.377 e. The second-order valence-electron chi connectivity index (χ2n) is 7.71. The van der Waals surface area contributed by atoms with Crippen LogP contribution in [0.25, 0.3) is 0 Å². The Morgan fingerprint density at radius 1 is 1.33 bits per heavy atom. The van der Waals surface area contributed by atoms with Crippen molar-refractivity contribution in [3.8, 4) is 0 Å². The van der Waals surface area contributed by atoms with Gasteiger partial charge in [0.15, 0.2) is 9.84 Å². The highest BCUT2D eigenvalue weighted by molar-refractivity contribution is 7.93. The quantitative estimate of drug-likeness (QED) is 0.867. The molecule has 1 aliphatic rings. The van der Waals surface area contributed by atoms with Crippen molar-refractivity contribution in [2.45, 2.75) is 63.7 Å². The predicted octanol–water partition coefficient (Wildman–Crippen LogP) is 2.28. The molecule has 7 nitrogen and oxygen atoms in total. The SMILES string of the molecule is CC(C)(C)c1cc(NC(=O)C(C)(C)S(=O)(=O)CC2CCCO2)on1. The summed E-state index contributed by atoms with van der Waals surface area (Å²) in [5, 5.41) is 6.43. The van der Waals surface area contributed by atoms with Gasteiger partial charge in [-0.25, -0.2) is 8.42 Å². The van der Waals surface area contributed by atoms with Crippen LogP contribution in [0.2, 0.25) is 0 Å². The van der Waals surface area contributed by atoms with Crippen LogP contribution in [0.5, 0.6) is 0 Å². The van der Waals surface area contributed by atoms with Gasteiger partial charge in [-0.1, -0.05) is 25.9 Å². The fourth-order valence-corrected chi connectivity index (χ4v) is 3.82. The van der Waals surface area contributed by atoms with Crippen molar-refractivity contribution in [2.75, 3.05) is 17.7 Å². The number of sulfone groups is 1. The number of carbonyl (C=O) groups excluding carboxylic acids is 1. The maximum Gasteiger partial charge on any atom is 0.247 e. The minimum absolute atomic E-state index is 0.144. The predicted molar refractivity (Wildman–Crippen MR) is 90.7 cm³/mol. The van der Waals surface area contributed by atoms with Gasteiger partial charge in [0.25, 0.3) is 0 Å². The smallest absolute Gasteiger partial charge is 0.247 e. The minimum atomic E-state index is -3.68. The maximum absolute atomic E-state index is 12.6. The second-order valence-corrected chi connectivity index (χ2v) is 10.3. The number of anilines is 1. The van der Waals surface area contributed by atoms with Crippen molar-refractivity contribution in [3.63, 3.8) is 0 Å². The first-order valence-corrected chi connectivity index (χ1v) is 9.71. The molecule has 1 aliphatic heterocycles. The van der Waals surface area contributed by atoms with Crippen molar-refractivity contribution in [2.24, 2.45) is 0 Å². The Kier molecular flexibility index (Phi) is 5.11. The van der Waals surface area contributed by atoms with Gasteiger partial charge in [0.1, 0.15) is 4.75 Å². The Balaban J connectivity index is 2.10. The summed E-state index contributed by atoms with van der Waals surface area (Å²) in [5.41, 5.74) is 0.450. The van der Waals surface area contributed by atoms with Gasteiger partial charge in [0, 0.05) is 18.1 Å². The molecule has 2 heterocycles. The lowest BCUT2D eigenvalue weighted by molar-refractivity contribution is -0.118. The summed E-state index contributed by atoms with van der Waals surface area (Å²) in [6.45, 7) is 9.26. The normalized spacial score (nSPS) is 19.5. The molecule has 1 aromatic heterocycles. The topological polar surface area (TPSA) is 98.5 Å². The number of ether oxygens (including phenoxy) is 1. The van der Waals surface area contributed by atoms with E-state index in [1.807, 2.05) is 20.8 Å². The first kappa shape index (κ1) is 18.9. The molecular formula is C16H26N2O5S. The Labute approximate surface area is 143 Å². The number of aromatic nitrogens is 1. The van der Waals surface area contributed by atoms with E-state index in [-0.39, 0.29) is 23.2 Å². The number of amides is 1. The molecule has 0 aliphatic carbocycles. The Hall–Kier alpha value is -1.41. The van der Waals surface area contributed by atoms with Crippen LogP contribution in [-0.4, -0.2) is 42.7 Å². The lowest BCUT2D eigenvalue weighted by Gasteiger charge is -2.24. The fraction of sp³-hybridized carbons (Fsp3) is 0.750. The molecule has 2 rings (SSSR count). The van der Waals surface area contributed by atoms with Crippen LogP contribution < -0.4 is 5.32 Å². The third kappa shape index (κ3) is 3.97. The minimum Gasteiger partial charge on any atom is -0.377 e. The molecule has 1 amide bonds. The van der Waals surface area contributed by atoms with E-state index in [0.717, 1.165) is 6.42 Å². The van der Waals surface area contributed by atoms with Gasteiger partial charge in [0.05, 0.1) is 17.6 Å². The first-order chi connectivity index (χ1) is 10.9. The molecule has 136 valence electrons. The molecule has 1 aromatic rings. The van der Waals surface area contributed by atoms with Crippen LogP contribution in [0.1, 0.15) is 53.2 Å². The number of carbonyl (C=O) groups is 1. The van der Waals surface area contributed by atoms with Gasteiger partial charge in [-0.05, 0) is 26.7 Å². The van der Waals surface area contributed by atoms with E-state index >= 15 is 0 Å². The zero-order valence-electron chi connectivity index (χ0n) is 14.9. The van der Waals surface area contributed by atoms with Crippen LogP contribution in [0.4, 0.5) is 5.88 Å². The van der Waals surface area contributed by atoms with Crippen molar-refractivity contribution >= 4 is 21.6 Å². The lowest BCUT2D eigenvalue weighted by atomic mass is 9.92. The Morgan fingerprint density at radius 2 is 2.00 bits per heavy atom. The molecule has 0 radical (unpaired) electrons. The summed E-state index contributed by atoms with van der Waals surface area (Å²) in [7, 11) is -3.68. The van der Waals surface area contributed by atoms with Crippen molar-refractivity contribution in [3.05, 3.63) is 11.8 Å². The molecule has 1 saturated heterocycles. The Morgan fingerprint density at radius 3 is 2.50 bits per heavy atom. The molecule has 24 heavy (non-hydrogen) atoms. The molecule has 0 spiro atoms. The maximum atomic E-state index is 12.6. The van der Waals surface area contributed by atoms with E-state index in [1.54, 1.807) is 6.07 Å². The molecule has 8 heteroatoms. The van der Waals surface area contributed by atoms with E-state index in [4.69, 9.17) is 9.26 Å². The summed E-state index contributed by atoms with van der Waals surface area (Å²) in [5.74, 6) is -0.653. The number of hydrogen-bond donors (Lipinski definition) is 1. The van der Waals surface area contributed by atoms with Crippen LogP contribution in [-0.2, 0) is 24.8 Å². The molecule has 0 aromatic carbocycles. The van der Waals surface area contributed by atoms with Crippen molar-refractivity contribution in [1.82, 2.24) is 5.16 Å². The Bertz CT molecular complexity index is 694. The zero-order valence-corrected chi connectivity index (χ0v) is 15.7. The lowest BCUT2D eigenvalue weighted by Crippen LogP contribution is -2.47. The molecular weight excluding hydrogens is 332 g/mol. The molecule has 0 bridgehead atoms. The van der Waals surface area contributed by atoms with Crippen molar-refractivity contribution < 1.29 is 22.5 Å². The molecule has 1 fully saturated rings. The van der Waals surface area contributed by atoms with Crippen LogP contribution >= 0.6 is 0 Å². The van der Waals surface area contributed by atoms with E-state index in [9.17, 15) is 13.2 Å². The fourth-order valence-electron chi connectivity index (χ4n) is 2.32. The van der Waals surface area contributed by atoms with E-state index < -0.39 is 20.5 Å². The van der Waals surface area contributed by atoms with Crippen LogP contribution in [0.3, 0.4) is 0 Å². The highest BCUT2D eigenvalue weighted by Crippen LogP contribution is 2.27. The number of hydrogen-bond acceptors (Lipinski definition) is 6. The van der Waals surface area contributed by atoms with Crippen LogP contribution in [0.15, 0.2) is 10.6 Å². The molecule has 1 N–H and O–H groups in total. The summed E-state index contributed by atoms with van der Waals surface area (Å²) in [6, 6.07) is 1.61. The molecule has 0 saturated carbocycles. The monoisotopic (exact) mass is 358 g/mol. The standard InChI is InChI=1S/C16H26N2O5S/c1-15(2,3)12-9-13(23-18-12)17-14(19)16(4,5)24(20,21)10-11-7-6-8-22-11/h9,11H,6-8,10H2,1-5H3,(H,17,19). The van der Waals surface area contributed by atoms with Gasteiger partial charge < -0.3 is 9.26 Å². The summed E-state index contributed by atoms with van der Waals surface area (Å²) < 4.78 is 34.1. The van der Waals surface area contributed by atoms with Crippen LogP contribution in [0, 0.1) is 0 Å². The highest BCUT2D eigenvalue weighted by atomic mass is 32.2. The third-order valence-electron chi connectivity index (χ3n) is 4.27. The van der Waals surface area contributed by atoms with Crippen molar-refractivity contribution in [1.29, 1.82) is 0 Å². The number of rotatable bonds is 5. The van der Waals surface area contributed by atoms with Gasteiger partial charge in [-0.15, -0.1) is 0 Å². The summed E-state index contributed by atoms with van der Waals surface area (Å²) in [4.78, 5) is 12.5. The average molecular weight is 358 g/mol. The summed E-state index contributed by atoms with van der Waals surface area (Å²) in [6.07, 6.45) is 1.22. The average Bonchev–Trinajstić information content (AvgIpc) is 3.08. The van der Waals surface area contributed by atoms with E-state index in [2.05, 4.69) is 10.5 Å². The first-order valence-electron chi connectivity index (χ1n) is 8.06. The zero-order chi connectivity index (χ0) is 18.2. The van der Waals surface area contributed by atoms with Gasteiger partial charge >= 0.3 is 0 Å². The van der Waals surface area contributed by atoms with Gasteiger partial charge in [0.2, 0.25) is 11.8 Å². The number of nitrogens with one attached hydrogen (secondary N) is 1. The van der Waals surface area contributed by atoms with Gasteiger partial charge in [-0.2, -0.15) is 0 Å². The molecule has 1 unspecified atom stereocenters. The highest BCUT2D eigenvalue weighted by Gasteiger charge is 2.43. The van der Waals surface area contributed by atoms with Gasteiger partial charge in [-0.3, -0.25) is 10.1 Å². The third-order valence-corrected chi connectivity index (χ3v) is 6.82. The second kappa shape index (κ2) is 6.48. The van der Waals surface area contributed by atoms with E-state index in [0.29, 0.717) is 18.7 Å². The number of nitrogens with zero attached hydrogens (tertiary/aromatic N) is 1. The summed E-state index contributed by atoms with van der Waals surface area (Å²) >= 11 is 0. The van der Waals surface area contributed by atoms with E-state index in [1.165, 1.54) is 13.8 Å². The molecule has 1 atom stereocenters.